The second-order valence-corrected chi connectivity index (χ2v) is 9.73. The van der Waals surface area contributed by atoms with Crippen molar-refractivity contribution >= 4 is 17.2 Å². The molecule has 0 unspecified atom stereocenters. The van der Waals surface area contributed by atoms with E-state index in [1.807, 2.05) is 13.0 Å². The van der Waals surface area contributed by atoms with E-state index in [2.05, 4.69) is 49.7 Å². The molecule has 0 radical (unpaired) electrons. The first-order valence-electron chi connectivity index (χ1n) is 11.2. The molecular formula is C27H34F2N2O. The number of carbonyl (C=O) groups is 1. The number of ketones is 1. The summed E-state index contributed by atoms with van der Waals surface area (Å²) < 4.78 is 28.0. The summed E-state index contributed by atoms with van der Waals surface area (Å²) in [6.45, 7) is 16.3. The number of fused-ring (bicyclic) bond motifs is 1. The van der Waals surface area contributed by atoms with Crippen molar-refractivity contribution in [2.24, 2.45) is 0 Å². The van der Waals surface area contributed by atoms with E-state index >= 15 is 0 Å². The lowest BCUT2D eigenvalue weighted by atomic mass is 9.75. The number of rotatable bonds is 7. The molecule has 1 heterocycles. The Kier molecular flexibility index (Phi) is 6.50. The lowest BCUT2D eigenvalue weighted by Crippen LogP contribution is -2.35. The third-order valence-corrected chi connectivity index (χ3v) is 6.15. The average Bonchev–Trinajstić information content (AvgIpc) is 2.66. The van der Waals surface area contributed by atoms with Gasteiger partial charge in [-0.2, -0.15) is 0 Å². The molecule has 172 valence electrons. The number of nitrogens with one attached hydrogen (secondary N) is 1. The number of Topliss-reactive ketones (excluding diaryl/α,β-unsaturated/α-hetero) is 1. The molecule has 5 heteroatoms. The van der Waals surface area contributed by atoms with Crippen molar-refractivity contribution in [2.45, 2.75) is 65.7 Å². The van der Waals surface area contributed by atoms with Crippen LogP contribution >= 0.6 is 0 Å². The van der Waals surface area contributed by atoms with Gasteiger partial charge in [0.05, 0.1) is 6.54 Å². The van der Waals surface area contributed by atoms with Crippen LogP contribution in [0.15, 0.2) is 42.6 Å². The van der Waals surface area contributed by atoms with E-state index in [9.17, 15) is 13.6 Å². The maximum Gasteiger partial charge on any atom is 0.249 e. The first-order chi connectivity index (χ1) is 14.8. The molecule has 0 atom stereocenters. The standard InChI is InChI=1S/C27H34F2N2O/c1-8-31-18(3)14-26(5,6)24-11-17(2)22(13-25(24)31)23-12-21(30-16-19(4)32)10-9-20(23)15-27(7,28)29/h9-13,30H,3,8,14-16H2,1-2,4-7H3. The molecular weight excluding hydrogens is 406 g/mol. The quantitative estimate of drug-likeness (QED) is 0.509. The van der Waals surface area contributed by atoms with Crippen LogP contribution in [0.5, 0.6) is 0 Å². The Morgan fingerprint density at radius 1 is 1.22 bits per heavy atom. The van der Waals surface area contributed by atoms with Gasteiger partial charge in [-0.05, 0) is 85.5 Å². The van der Waals surface area contributed by atoms with Gasteiger partial charge in [0.1, 0.15) is 5.78 Å². The van der Waals surface area contributed by atoms with Gasteiger partial charge in [-0.1, -0.05) is 32.6 Å². The maximum absolute atomic E-state index is 14.0. The number of benzene rings is 2. The van der Waals surface area contributed by atoms with Crippen molar-refractivity contribution in [3.63, 3.8) is 0 Å². The Morgan fingerprint density at radius 2 is 1.91 bits per heavy atom. The van der Waals surface area contributed by atoms with E-state index < -0.39 is 5.92 Å². The van der Waals surface area contributed by atoms with Crippen molar-refractivity contribution in [3.05, 3.63) is 59.3 Å². The van der Waals surface area contributed by atoms with Gasteiger partial charge in [-0.3, -0.25) is 4.79 Å². The van der Waals surface area contributed by atoms with Crippen LogP contribution in [0.25, 0.3) is 11.1 Å². The summed E-state index contributed by atoms with van der Waals surface area (Å²) in [6, 6.07) is 9.72. The van der Waals surface area contributed by atoms with Crippen LogP contribution in [0.2, 0.25) is 0 Å². The molecule has 3 nitrogen and oxygen atoms in total. The van der Waals surface area contributed by atoms with Gasteiger partial charge >= 0.3 is 0 Å². The zero-order valence-corrected chi connectivity index (χ0v) is 20.0. The molecule has 0 saturated heterocycles. The van der Waals surface area contributed by atoms with Crippen LogP contribution in [-0.4, -0.2) is 24.8 Å². The summed E-state index contributed by atoms with van der Waals surface area (Å²) in [5.41, 5.74) is 7.43. The summed E-state index contributed by atoms with van der Waals surface area (Å²) in [6.07, 6.45) is 0.534. The predicted octanol–water partition coefficient (Wildman–Crippen LogP) is 6.88. The summed E-state index contributed by atoms with van der Waals surface area (Å²) in [5.74, 6) is -2.81. The fourth-order valence-corrected chi connectivity index (χ4v) is 4.67. The van der Waals surface area contributed by atoms with Gasteiger partial charge in [0.25, 0.3) is 0 Å². The van der Waals surface area contributed by atoms with Gasteiger partial charge in [-0.25, -0.2) is 8.78 Å². The maximum atomic E-state index is 14.0. The Balaban J connectivity index is 2.21. The number of nitrogens with zero attached hydrogens (tertiary/aromatic N) is 1. The van der Waals surface area contributed by atoms with Crippen LogP contribution < -0.4 is 10.2 Å². The molecule has 3 rings (SSSR count). The molecule has 2 aromatic carbocycles. The number of halogens is 2. The molecule has 1 N–H and O–H groups in total. The summed E-state index contributed by atoms with van der Waals surface area (Å²) in [7, 11) is 0. The molecule has 0 spiro atoms. The normalized spacial score (nSPS) is 15.5. The Morgan fingerprint density at radius 3 is 2.50 bits per heavy atom. The van der Waals surface area contributed by atoms with Crippen molar-refractivity contribution in [1.29, 1.82) is 0 Å². The topological polar surface area (TPSA) is 32.3 Å². The van der Waals surface area contributed by atoms with Gasteiger partial charge in [0.15, 0.2) is 0 Å². The summed E-state index contributed by atoms with van der Waals surface area (Å²) in [4.78, 5) is 13.6. The lowest BCUT2D eigenvalue weighted by molar-refractivity contribution is -0.115. The molecule has 0 fully saturated rings. The first kappa shape index (κ1) is 24.0. The second-order valence-electron chi connectivity index (χ2n) is 9.73. The highest BCUT2D eigenvalue weighted by atomic mass is 19.3. The number of aryl methyl sites for hydroxylation is 1. The third kappa shape index (κ3) is 5.03. The highest BCUT2D eigenvalue weighted by molar-refractivity contribution is 5.83. The third-order valence-electron chi connectivity index (χ3n) is 6.15. The highest BCUT2D eigenvalue weighted by Crippen LogP contribution is 2.46. The van der Waals surface area contributed by atoms with Crippen molar-refractivity contribution in [3.8, 4) is 11.1 Å². The van der Waals surface area contributed by atoms with E-state index in [1.54, 1.807) is 12.1 Å². The van der Waals surface area contributed by atoms with E-state index in [-0.39, 0.29) is 24.2 Å². The number of anilines is 2. The summed E-state index contributed by atoms with van der Waals surface area (Å²) in [5, 5.41) is 3.10. The fraction of sp³-hybridized carbons (Fsp3) is 0.444. The molecule has 0 amide bonds. The van der Waals surface area contributed by atoms with Gasteiger partial charge < -0.3 is 10.2 Å². The van der Waals surface area contributed by atoms with Gasteiger partial charge in [0.2, 0.25) is 5.92 Å². The molecule has 2 aromatic rings. The monoisotopic (exact) mass is 440 g/mol. The average molecular weight is 441 g/mol. The minimum absolute atomic E-state index is 0.0139. The largest absolute Gasteiger partial charge is 0.378 e. The van der Waals surface area contributed by atoms with Gasteiger partial charge in [0, 0.05) is 30.0 Å². The number of alkyl halides is 2. The lowest BCUT2D eigenvalue weighted by Gasteiger charge is -2.42. The minimum Gasteiger partial charge on any atom is -0.378 e. The number of hydrogen-bond donors (Lipinski definition) is 1. The molecule has 1 aliphatic heterocycles. The zero-order valence-electron chi connectivity index (χ0n) is 20.0. The molecule has 0 saturated carbocycles. The minimum atomic E-state index is -2.82. The van der Waals surface area contributed by atoms with Crippen molar-refractivity contribution in [1.82, 2.24) is 0 Å². The van der Waals surface area contributed by atoms with Crippen LogP contribution in [0, 0.1) is 6.92 Å². The van der Waals surface area contributed by atoms with Crippen LogP contribution in [0.1, 0.15) is 57.7 Å². The van der Waals surface area contributed by atoms with Crippen LogP contribution in [-0.2, 0) is 16.6 Å². The molecule has 32 heavy (non-hydrogen) atoms. The Labute approximate surface area is 190 Å². The molecule has 0 aromatic heterocycles. The smallest absolute Gasteiger partial charge is 0.249 e. The number of allylic oxidation sites excluding steroid dienone is 1. The SMILES string of the molecule is C=C1CC(C)(C)c2cc(C)c(-c3cc(NCC(C)=O)ccc3CC(C)(F)F)cc2N1CC. The van der Waals surface area contributed by atoms with E-state index in [1.165, 1.54) is 12.5 Å². The van der Waals surface area contributed by atoms with Crippen molar-refractivity contribution < 1.29 is 13.6 Å². The van der Waals surface area contributed by atoms with Crippen LogP contribution in [0.3, 0.4) is 0 Å². The van der Waals surface area contributed by atoms with E-state index in [0.717, 1.165) is 53.7 Å². The Hall–Kier alpha value is -2.69. The highest BCUT2D eigenvalue weighted by Gasteiger charge is 2.34. The fourth-order valence-electron chi connectivity index (χ4n) is 4.67. The van der Waals surface area contributed by atoms with Crippen molar-refractivity contribution in [2.75, 3.05) is 23.3 Å². The van der Waals surface area contributed by atoms with E-state index in [4.69, 9.17) is 0 Å². The van der Waals surface area contributed by atoms with Gasteiger partial charge in [-0.15, -0.1) is 0 Å². The molecule has 0 aliphatic carbocycles. The zero-order chi connectivity index (χ0) is 23.8. The van der Waals surface area contributed by atoms with Crippen LogP contribution in [0.4, 0.5) is 20.2 Å². The number of carbonyl (C=O) groups excluding carboxylic acids is 1. The summed E-state index contributed by atoms with van der Waals surface area (Å²) >= 11 is 0. The predicted molar refractivity (Wildman–Crippen MR) is 130 cm³/mol. The molecule has 1 aliphatic rings. The Bertz CT molecular complexity index is 1050. The first-order valence-corrected chi connectivity index (χ1v) is 11.2. The van der Waals surface area contributed by atoms with E-state index in [0.29, 0.717) is 5.56 Å². The second kappa shape index (κ2) is 8.68. The molecule has 0 bridgehead atoms. The number of hydrogen-bond acceptors (Lipinski definition) is 3.